The van der Waals surface area contributed by atoms with Gasteiger partial charge in [-0.3, -0.25) is 20.2 Å². The molecule has 0 atom stereocenters. The lowest BCUT2D eigenvalue weighted by Crippen LogP contribution is -2.26. The predicted molar refractivity (Wildman–Crippen MR) is 176 cm³/mol. The molecular weight excluding hydrogens is 568 g/mol. The van der Waals surface area contributed by atoms with Crippen molar-refractivity contribution in [3.63, 3.8) is 0 Å². The molecule has 1 fully saturated rings. The molecule has 0 N–H and O–H groups in total. The SMILES string of the molecule is CC(C)(C)c1cc(C2(c3ccc(Oc4ccc([N+](=O)[O-])cc4)c(C(C)(C)C)c3)CCCC2)ccc1Oc1ccc([N+](=O)[O-])cc1. The summed E-state index contributed by atoms with van der Waals surface area (Å²) in [4.78, 5) is 21.4. The largest absolute Gasteiger partial charge is 0.457 e. The minimum atomic E-state index is -0.417. The van der Waals surface area contributed by atoms with Crippen molar-refractivity contribution in [1.82, 2.24) is 0 Å². The molecule has 0 heterocycles. The molecule has 8 heteroatoms. The van der Waals surface area contributed by atoms with Crippen molar-refractivity contribution in [3.8, 4) is 23.0 Å². The first-order chi connectivity index (χ1) is 21.2. The van der Waals surface area contributed by atoms with Gasteiger partial charge < -0.3 is 9.47 Å². The van der Waals surface area contributed by atoms with E-state index in [1.54, 1.807) is 24.3 Å². The molecule has 4 aromatic rings. The molecule has 8 nitrogen and oxygen atoms in total. The Bertz CT molecular complexity index is 1590. The summed E-state index contributed by atoms with van der Waals surface area (Å²) in [6.07, 6.45) is 4.28. The number of nitro groups is 2. The third-order valence-electron chi connectivity index (χ3n) is 8.69. The molecule has 0 spiro atoms. The van der Waals surface area contributed by atoms with Gasteiger partial charge in [-0.05, 0) is 71.2 Å². The van der Waals surface area contributed by atoms with Gasteiger partial charge in [0.2, 0.25) is 0 Å². The van der Waals surface area contributed by atoms with Gasteiger partial charge in [0.1, 0.15) is 23.0 Å². The van der Waals surface area contributed by atoms with Gasteiger partial charge in [0.05, 0.1) is 9.85 Å². The normalized spacial score (nSPS) is 14.6. The fourth-order valence-corrected chi connectivity index (χ4v) is 6.25. The number of non-ortho nitro benzene ring substituents is 2. The number of rotatable bonds is 8. The number of nitrogens with zero attached hydrogens (tertiary/aromatic N) is 2. The number of hydrogen-bond donors (Lipinski definition) is 0. The molecule has 0 saturated heterocycles. The Balaban J connectivity index is 1.54. The van der Waals surface area contributed by atoms with Gasteiger partial charge in [-0.2, -0.15) is 0 Å². The molecule has 1 aliphatic carbocycles. The Hall–Kier alpha value is -4.72. The van der Waals surface area contributed by atoms with Crippen molar-refractivity contribution in [2.75, 3.05) is 0 Å². The van der Waals surface area contributed by atoms with Gasteiger partial charge in [0.25, 0.3) is 11.4 Å². The van der Waals surface area contributed by atoms with Crippen molar-refractivity contribution in [2.24, 2.45) is 0 Å². The lowest BCUT2D eigenvalue weighted by Gasteiger charge is -2.34. The lowest BCUT2D eigenvalue weighted by atomic mass is 9.70. The van der Waals surface area contributed by atoms with E-state index in [1.165, 1.54) is 35.4 Å². The van der Waals surface area contributed by atoms with Crippen molar-refractivity contribution in [1.29, 1.82) is 0 Å². The van der Waals surface area contributed by atoms with Gasteiger partial charge >= 0.3 is 0 Å². The van der Waals surface area contributed by atoms with Crippen LogP contribution in [0.5, 0.6) is 23.0 Å². The highest BCUT2D eigenvalue weighted by molar-refractivity contribution is 5.53. The second-order valence-corrected chi connectivity index (χ2v) is 13.9. The highest BCUT2D eigenvalue weighted by Crippen LogP contribution is 2.50. The van der Waals surface area contributed by atoms with Crippen LogP contribution in [0.25, 0.3) is 0 Å². The Morgan fingerprint density at radius 1 is 0.578 bits per heavy atom. The fourth-order valence-electron chi connectivity index (χ4n) is 6.25. The first-order valence-corrected chi connectivity index (χ1v) is 15.3. The third-order valence-corrected chi connectivity index (χ3v) is 8.69. The number of benzene rings is 4. The summed E-state index contributed by atoms with van der Waals surface area (Å²) in [5.74, 6) is 2.56. The monoisotopic (exact) mass is 608 g/mol. The summed E-state index contributed by atoms with van der Waals surface area (Å²) in [5, 5.41) is 22.2. The van der Waals surface area contributed by atoms with E-state index in [0.717, 1.165) is 48.3 Å². The van der Waals surface area contributed by atoms with E-state index in [1.807, 2.05) is 12.1 Å². The van der Waals surface area contributed by atoms with Crippen LogP contribution in [0.3, 0.4) is 0 Å². The highest BCUT2D eigenvalue weighted by Gasteiger charge is 2.39. The van der Waals surface area contributed by atoms with Crippen molar-refractivity contribution in [3.05, 3.63) is 127 Å². The zero-order valence-electron chi connectivity index (χ0n) is 26.8. The second-order valence-electron chi connectivity index (χ2n) is 13.9. The lowest BCUT2D eigenvalue weighted by molar-refractivity contribution is -0.385. The molecule has 1 aliphatic rings. The highest BCUT2D eigenvalue weighted by atomic mass is 16.6. The first-order valence-electron chi connectivity index (χ1n) is 15.3. The maximum absolute atomic E-state index is 11.1. The van der Waals surface area contributed by atoms with Crippen LogP contribution < -0.4 is 9.47 Å². The van der Waals surface area contributed by atoms with Crippen LogP contribution >= 0.6 is 0 Å². The molecule has 45 heavy (non-hydrogen) atoms. The van der Waals surface area contributed by atoms with Gasteiger partial charge in [0, 0.05) is 40.8 Å². The minimum absolute atomic E-state index is 0.0238. The predicted octanol–water partition coefficient (Wildman–Crippen LogP) is 10.5. The van der Waals surface area contributed by atoms with Crippen LogP contribution in [0.4, 0.5) is 11.4 Å². The standard InChI is InChI=1S/C37H40N2O6/c1-35(2,3)31-23-25(9-19-33(31)44-29-15-11-27(12-16-29)38(40)41)37(21-7-8-22-37)26-10-20-34(32(24-26)36(4,5)6)45-30-17-13-28(14-18-30)39(42)43/h9-20,23-24H,7-8,21-22H2,1-6H3. The van der Waals surface area contributed by atoms with Crippen LogP contribution in [-0.4, -0.2) is 9.85 Å². The Morgan fingerprint density at radius 2 is 0.933 bits per heavy atom. The topological polar surface area (TPSA) is 105 Å². The van der Waals surface area contributed by atoms with E-state index in [2.05, 4.69) is 65.8 Å². The van der Waals surface area contributed by atoms with Crippen LogP contribution in [0, 0.1) is 20.2 Å². The Labute approximate surface area is 264 Å². The van der Waals surface area contributed by atoms with E-state index in [-0.39, 0.29) is 27.6 Å². The van der Waals surface area contributed by atoms with E-state index in [9.17, 15) is 20.2 Å². The molecule has 5 rings (SSSR count). The minimum Gasteiger partial charge on any atom is -0.457 e. The van der Waals surface area contributed by atoms with E-state index < -0.39 is 9.85 Å². The number of nitro benzene ring substituents is 2. The van der Waals surface area contributed by atoms with Crippen molar-refractivity contribution in [2.45, 2.75) is 83.5 Å². The van der Waals surface area contributed by atoms with E-state index in [4.69, 9.17) is 9.47 Å². The summed E-state index contributed by atoms with van der Waals surface area (Å²) in [7, 11) is 0. The molecule has 0 aromatic heterocycles. The summed E-state index contributed by atoms with van der Waals surface area (Å²) in [6, 6.07) is 25.3. The van der Waals surface area contributed by atoms with Gasteiger partial charge in [-0.25, -0.2) is 0 Å². The average Bonchev–Trinajstić information content (AvgIpc) is 3.48. The summed E-state index contributed by atoms with van der Waals surface area (Å²) in [5.41, 5.74) is 4.05. The number of hydrogen-bond acceptors (Lipinski definition) is 6. The molecule has 234 valence electrons. The molecule has 0 amide bonds. The van der Waals surface area contributed by atoms with E-state index >= 15 is 0 Å². The second kappa shape index (κ2) is 12.0. The quantitative estimate of drug-likeness (QED) is 0.146. The molecule has 0 radical (unpaired) electrons. The fraction of sp³-hybridized carbons (Fsp3) is 0.351. The van der Waals surface area contributed by atoms with Crippen molar-refractivity contribution >= 4 is 11.4 Å². The van der Waals surface area contributed by atoms with Crippen LogP contribution in [-0.2, 0) is 16.2 Å². The van der Waals surface area contributed by atoms with Crippen LogP contribution in [0.15, 0.2) is 84.9 Å². The smallest absolute Gasteiger partial charge is 0.269 e. The zero-order valence-corrected chi connectivity index (χ0v) is 26.8. The summed E-state index contributed by atoms with van der Waals surface area (Å²) >= 11 is 0. The molecule has 4 aromatic carbocycles. The molecule has 0 unspecified atom stereocenters. The van der Waals surface area contributed by atoms with Crippen LogP contribution in [0.1, 0.15) is 89.5 Å². The maximum atomic E-state index is 11.1. The van der Waals surface area contributed by atoms with Crippen molar-refractivity contribution < 1.29 is 19.3 Å². The third kappa shape index (κ3) is 6.70. The molecular formula is C37H40N2O6. The Kier molecular flexibility index (Phi) is 8.45. The average molecular weight is 609 g/mol. The summed E-state index contributed by atoms with van der Waals surface area (Å²) in [6.45, 7) is 13.0. The number of ether oxygens (including phenoxy) is 2. The molecule has 1 saturated carbocycles. The molecule has 0 aliphatic heterocycles. The van der Waals surface area contributed by atoms with Gasteiger partial charge in [0.15, 0.2) is 0 Å². The van der Waals surface area contributed by atoms with Crippen LogP contribution in [0.2, 0.25) is 0 Å². The first kappa shape index (κ1) is 31.7. The van der Waals surface area contributed by atoms with E-state index in [0.29, 0.717) is 11.5 Å². The summed E-state index contributed by atoms with van der Waals surface area (Å²) < 4.78 is 12.6. The van der Waals surface area contributed by atoms with Gasteiger partial charge in [-0.1, -0.05) is 78.6 Å². The van der Waals surface area contributed by atoms with Gasteiger partial charge in [-0.15, -0.1) is 0 Å². The Morgan fingerprint density at radius 3 is 1.24 bits per heavy atom. The molecule has 0 bridgehead atoms. The zero-order chi connectivity index (χ0) is 32.6. The maximum Gasteiger partial charge on any atom is 0.269 e.